The van der Waals surface area contributed by atoms with Gasteiger partial charge < -0.3 is 10.1 Å². The van der Waals surface area contributed by atoms with Gasteiger partial charge in [-0.05, 0) is 37.4 Å². The molecule has 1 aliphatic carbocycles. The van der Waals surface area contributed by atoms with Crippen LogP contribution in [0.5, 0.6) is 5.75 Å². The van der Waals surface area contributed by atoms with E-state index < -0.39 is 0 Å². The smallest absolute Gasteiger partial charge is 0.139 e. The Morgan fingerprint density at radius 1 is 1.31 bits per heavy atom. The number of rotatable bonds is 6. The van der Waals surface area contributed by atoms with E-state index in [1.54, 1.807) is 6.07 Å². The maximum absolute atomic E-state index is 5.99. The van der Waals surface area contributed by atoms with Crippen LogP contribution in [0.3, 0.4) is 0 Å². The third-order valence-electron chi connectivity index (χ3n) is 2.58. The van der Waals surface area contributed by atoms with Gasteiger partial charge in [0.2, 0.25) is 0 Å². The van der Waals surface area contributed by atoms with Crippen molar-refractivity contribution in [3.63, 3.8) is 0 Å². The fraction of sp³-hybridized carbons (Fsp3) is 0.500. The average Bonchev–Trinajstić information content (AvgIpc) is 3.07. The van der Waals surface area contributed by atoms with Gasteiger partial charge in [0.15, 0.2) is 0 Å². The van der Waals surface area contributed by atoms with Gasteiger partial charge in [0.05, 0.1) is 5.02 Å². The van der Waals surface area contributed by atoms with Crippen molar-refractivity contribution < 1.29 is 4.74 Å². The summed E-state index contributed by atoms with van der Waals surface area (Å²) >= 11 is 11.9. The van der Waals surface area contributed by atoms with E-state index in [0.717, 1.165) is 19.0 Å². The maximum atomic E-state index is 5.99. The Balaban J connectivity index is 1.69. The number of nitrogens with one attached hydrogen (secondary N) is 1. The Hall–Kier alpha value is -0.440. The summed E-state index contributed by atoms with van der Waals surface area (Å²) < 4.78 is 5.54. The van der Waals surface area contributed by atoms with Crippen molar-refractivity contribution in [3.05, 3.63) is 28.2 Å². The predicted octanol–water partition coefficient (Wildman–Crippen LogP) is 3.37. The number of halogens is 2. The van der Waals surface area contributed by atoms with Gasteiger partial charge in [-0.1, -0.05) is 29.3 Å². The fourth-order valence-corrected chi connectivity index (χ4v) is 1.80. The van der Waals surface area contributed by atoms with Crippen molar-refractivity contribution in [2.45, 2.75) is 12.8 Å². The molecule has 16 heavy (non-hydrogen) atoms. The van der Waals surface area contributed by atoms with E-state index in [9.17, 15) is 0 Å². The van der Waals surface area contributed by atoms with Crippen molar-refractivity contribution in [2.75, 3.05) is 19.7 Å². The predicted molar refractivity (Wildman–Crippen MR) is 67.6 cm³/mol. The molecule has 0 saturated heterocycles. The van der Waals surface area contributed by atoms with Crippen LogP contribution in [-0.4, -0.2) is 19.7 Å². The van der Waals surface area contributed by atoms with Gasteiger partial charge in [0.25, 0.3) is 0 Å². The lowest BCUT2D eigenvalue weighted by Crippen LogP contribution is -2.23. The molecule has 1 saturated carbocycles. The summed E-state index contributed by atoms with van der Waals surface area (Å²) in [5, 5.41) is 4.38. The normalized spacial score (nSPS) is 15.1. The standard InChI is InChI=1S/C12H15Cl2NO/c13-10-2-1-3-11(12(10)14)16-7-6-15-8-9-4-5-9/h1-3,9,15H,4-8H2. The molecule has 0 radical (unpaired) electrons. The number of hydrogen-bond donors (Lipinski definition) is 1. The molecule has 88 valence electrons. The highest BCUT2D eigenvalue weighted by Crippen LogP contribution is 2.31. The zero-order valence-corrected chi connectivity index (χ0v) is 10.5. The number of benzene rings is 1. The van der Waals surface area contributed by atoms with Gasteiger partial charge in [-0.3, -0.25) is 0 Å². The lowest BCUT2D eigenvalue weighted by atomic mass is 10.3. The molecule has 0 amide bonds. The van der Waals surface area contributed by atoms with Crippen molar-refractivity contribution in [3.8, 4) is 5.75 Å². The molecular weight excluding hydrogens is 245 g/mol. The minimum atomic E-state index is 0.492. The molecule has 1 aromatic carbocycles. The van der Waals surface area contributed by atoms with E-state index in [2.05, 4.69) is 5.32 Å². The SMILES string of the molecule is Clc1cccc(OCCNCC2CC2)c1Cl. The van der Waals surface area contributed by atoms with Crippen LogP contribution in [0.1, 0.15) is 12.8 Å². The first-order chi connectivity index (χ1) is 7.77. The van der Waals surface area contributed by atoms with Crippen LogP contribution in [0.25, 0.3) is 0 Å². The lowest BCUT2D eigenvalue weighted by Gasteiger charge is -2.09. The van der Waals surface area contributed by atoms with E-state index >= 15 is 0 Å². The average molecular weight is 260 g/mol. The Labute approximate surface area is 106 Å². The number of hydrogen-bond acceptors (Lipinski definition) is 2. The first kappa shape index (κ1) is 12.0. The molecule has 0 bridgehead atoms. The van der Waals surface area contributed by atoms with E-state index in [1.807, 2.05) is 12.1 Å². The van der Waals surface area contributed by atoms with Crippen LogP contribution in [0.2, 0.25) is 10.0 Å². The first-order valence-electron chi connectivity index (χ1n) is 5.55. The quantitative estimate of drug-likeness (QED) is 0.792. The van der Waals surface area contributed by atoms with Crippen LogP contribution in [0.15, 0.2) is 18.2 Å². The van der Waals surface area contributed by atoms with Gasteiger partial charge in [0.1, 0.15) is 17.4 Å². The second kappa shape index (κ2) is 5.76. The molecule has 0 unspecified atom stereocenters. The molecule has 0 aliphatic heterocycles. The highest BCUT2D eigenvalue weighted by molar-refractivity contribution is 6.42. The zero-order chi connectivity index (χ0) is 11.4. The molecule has 1 N–H and O–H groups in total. The lowest BCUT2D eigenvalue weighted by molar-refractivity contribution is 0.313. The zero-order valence-electron chi connectivity index (χ0n) is 9.01. The summed E-state index contributed by atoms with van der Waals surface area (Å²) in [5.74, 6) is 1.55. The molecule has 0 heterocycles. The van der Waals surface area contributed by atoms with Crippen molar-refractivity contribution in [2.24, 2.45) is 5.92 Å². The molecule has 2 rings (SSSR count). The molecule has 4 heteroatoms. The number of ether oxygens (including phenoxy) is 1. The molecule has 0 aromatic heterocycles. The van der Waals surface area contributed by atoms with Gasteiger partial charge in [-0.2, -0.15) is 0 Å². The largest absolute Gasteiger partial charge is 0.491 e. The Kier molecular flexibility index (Phi) is 4.33. The molecule has 1 aliphatic rings. The topological polar surface area (TPSA) is 21.3 Å². The molecule has 1 fully saturated rings. The van der Waals surface area contributed by atoms with E-state index in [-0.39, 0.29) is 0 Å². The van der Waals surface area contributed by atoms with Crippen LogP contribution in [0, 0.1) is 5.92 Å². The van der Waals surface area contributed by atoms with Crippen LogP contribution >= 0.6 is 23.2 Å². The minimum Gasteiger partial charge on any atom is -0.491 e. The highest BCUT2D eigenvalue weighted by Gasteiger charge is 2.19. The Morgan fingerprint density at radius 3 is 2.88 bits per heavy atom. The van der Waals surface area contributed by atoms with Gasteiger partial charge >= 0.3 is 0 Å². The minimum absolute atomic E-state index is 0.492. The summed E-state index contributed by atoms with van der Waals surface area (Å²) in [6, 6.07) is 5.42. The molecule has 0 atom stereocenters. The fourth-order valence-electron chi connectivity index (χ4n) is 1.46. The third-order valence-corrected chi connectivity index (χ3v) is 3.38. The summed E-state index contributed by atoms with van der Waals surface area (Å²) in [6.07, 6.45) is 2.74. The van der Waals surface area contributed by atoms with Crippen LogP contribution in [-0.2, 0) is 0 Å². The Bertz CT molecular complexity index is 353. The second-order valence-electron chi connectivity index (χ2n) is 4.05. The van der Waals surface area contributed by atoms with E-state index in [4.69, 9.17) is 27.9 Å². The molecular formula is C12H15Cl2NO. The maximum Gasteiger partial charge on any atom is 0.139 e. The molecule has 2 nitrogen and oxygen atoms in total. The van der Waals surface area contributed by atoms with Crippen molar-refractivity contribution in [1.29, 1.82) is 0 Å². The van der Waals surface area contributed by atoms with Crippen LogP contribution < -0.4 is 10.1 Å². The third kappa shape index (κ3) is 3.55. The summed E-state index contributed by atoms with van der Waals surface area (Å²) in [4.78, 5) is 0. The highest BCUT2D eigenvalue weighted by atomic mass is 35.5. The van der Waals surface area contributed by atoms with Gasteiger partial charge in [0, 0.05) is 6.54 Å². The first-order valence-corrected chi connectivity index (χ1v) is 6.30. The van der Waals surface area contributed by atoms with Crippen molar-refractivity contribution in [1.82, 2.24) is 5.32 Å². The Morgan fingerprint density at radius 2 is 2.12 bits per heavy atom. The summed E-state index contributed by atoms with van der Waals surface area (Å²) in [5.41, 5.74) is 0. The van der Waals surface area contributed by atoms with E-state index in [0.29, 0.717) is 22.4 Å². The van der Waals surface area contributed by atoms with Crippen LogP contribution in [0.4, 0.5) is 0 Å². The van der Waals surface area contributed by atoms with E-state index in [1.165, 1.54) is 12.8 Å². The summed E-state index contributed by atoms with van der Waals surface area (Å²) in [7, 11) is 0. The second-order valence-corrected chi connectivity index (χ2v) is 4.83. The van der Waals surface area contributed by atoms with Gasteiger partial charge in [-0.25, -0.2) is 0 Å². The van der Waals surface area contributed by atoms with Gasteiger partial charge in [-0.15, -0.1) is 0 Å². The molecule has 1 aromatic rings. The monoisotopic (exact) mass is 259 g/mol. The summed E-state index contributed by atoms with van der Waals surface area (Å²) in [6.45, 7) is 2.57. The van der Waals surface area contributed by atoms with Crippen molar-refractivity contribution >= 4 is 23.2 Å². The molecule has 0 spiro atoms.